The van der Waals surface area contributed by atoms with E-state index in [0.717, 1.165) is 31.7 Å². The predicted octanol–water partition coefficient (Wildman–Crippen LogP) is 2.06. The molecular formula is C13H18N4S. The van der Waals surface area contributed by atoms with E-state index in [1.807, 2.05) is 6.20 Å². The van der Waals surface area contributed by atoms with Crippen molar-refractivity contribution < 1.29 is 0 Å². The van der Waals surface area contributed by atoms with Gasteiger partial charge in [-0.25, -0.2) is 0 Å². The summed E-state index contributed by atoms with van der Waals surface area (Å²) in [6.07, 6.45) is 4.29. The van der Waals surface area contributed by atoms with E-state index < -0.39 is 0 Å². The molecule has 2 aromatic rings. The molecule has 18 heavy (non-hydrogen) atoms. The summed E-state index contributed by atoms with van der Waals surface area (Å²) in [5.41, 5.74) is 9.67. The minimum absolute atomic E-state index is 0.329. The first-order valence-electron chi connectivity index (χ1n) is 6.35. The molecule has 0 amide bonds. The first kappa shape index (κ1) is 11.9. The van der Waals surface area contributed by atoms with Gasteiger partial charge in [0.05, 0.1) is 11.9 Å². The van der Waals surface area contributed by atoms with Crippen molar-refractivity contribution in [1.82, 2.24) is 15.1 Å². The van der Waals surface area contributed by atoms with E-state index in [0.29, 0.717) is 6.04 Å². The van der Waals surface area contributed by atoms with Crippen LogP contribution in [0, 0.1) is 0 Å². The van der Waals surface area contributed by atoms with Crippen LogP contribution in [0.25, 0.3) is 11.3 Å². The third-order valence-electron chi connectivity index (χ3n) is 3.46. The molecule has 0 bridgehead atoms. The Kier molecular flexibility index (Phi) is 3.45. The third kappa shape index (κ3) is 2.48. The number of H-pyrrole nitrogens is 1. The number of likely N-dealkylation sites (tertiary alicyclic amines) is 1. The van der Waals surface area contributed by atoms with Gasteiger partial charge < -0.3 is 5.73 Å². The van der Waals surface area contributed by atoms with Gasteiger partial charge in [0.15, 0.2) is 0 Å². The maximum atomic E-state index is 6.02. The molecule has 1 saturated heterocycles. The highest BCUT2D eigenvalue weighted by Crippen LogP contribution is 2.25. The molecule has 3 heterocycles. The Hall–Kier alpha value is -1.17. The Morgan fingerprint density at radius 1 is 1.56 bits per heavy atom. The number of hydrogen-bond acceptors (Lipinski definition) is 4. The summed E-state index contributed by atoms with van der Waals surface area (Å²) < 4.78 is 0. The lowest BCUT2D eigenvalue weighted by molar-refractivity contribution is 0.202. The largest absolute Gasteiger partial charge is 0.327 e. The van der Waals surface area contributed by atoms with Crippen molar-refractivity contribution in [2.45, 2.75) is 25.4 Å². The lowest BCUT2D eigenvalue weighted by atomic mass is 10.1. The van der Waals surface area contributed by atoms with Crippen LogP contribution in [0.2, 0.25) is 0 Å². The Labute approximate surface area is 111 Å². The van der Waals surface area contributed by atoms with Gasteiger partial charge in [0.2, 0.25) is 0 Å². The molecule has 5 heteroatoms. The van der Waals surface area contributed by atoms with Crippen LogP contribution in [0.15, 0.2) is 23.0 Å². The minimum Gasteiger partial charge on any atom is -0.327 e. The summed E-state index contributed by atoms with van der Waals surface area (Å²) in [4.78, 5) is 2.43. The Bertz CT molecular complexity index is 491. The zero-order chi connectivity index (χ0) is 12.4. The van der Waals surface area contributed by atoms with E-state index in [1.165, 1.54) is 17.5 Å². The molecule has 0 spiro atoms. The van der Waals surface area contributed by atoms with Crippen LogP contribution >= 0.6 is 11.3 Å². The minimum atomic E-state index is 0.329. The predicted molar refractivity (Wildman–Crippen MR) is 74.4 cm³/mol. The lowest BCUT2D eigenvalue weighted by Gasteiger charge is -2.30. The number of aromatic amines is 1. The molecule has 0 saturated carbocycles. The molecule has 0 aromatic carbocycles. The highest BCUT2D eigenvalue weighted by molar-refractivity contribution is 7.08. The smallest absolute Gasteiger partial charge is 0.0703 e. The van der Waals surface area contributed by atoms with Gasteiger partial charge in [-0.3, -0.25) is 10.00 Å². The van der Waals surface area contributed by atoms with Crippen LogP contribution < -0.4 is 5.73 Å². The van der Waals surface area contributed by atoms with Crippen molar-refractivity contribution in [3.05, 3.63) is 28.6 Å². The van der Waals surface area contributed by atoms with Gasteiger partial charge in [0.25, 0.3) is 0 Å². The summed E-state index contributed by atoms with van der Waals surface area (Å²) in [6, 6.07) is 2.46. The molecule has 1 fully saturated rings. The van der Waals surface area contributed by atoms with E-state index in [9.17, 15) is 0 Å². The van der Waals surface area contributed by atoms with Crippen molar-refractivity contribution in [1.29, 1.82) is 0 Å². The van der Waals surface area contributed by atoms with Crippen molar-refractivity contribution in [3.8, 4) is 11.3 Å². The van der Waals surface area contributed by atoms with Crippen molar-refractivity contribution in [3.63, 3.8) is 0 Å². The number of piperidine rings is 1. The average molecular weight is 262 g/mol. The molecule has 1 aliphatic rings. The third-order valence-corrected chi connectivity index (χ3v) is 4.15. The van der Waals surface area contributed by atoms with Crippen LogP contribution in [0.3, 0.4) is 0 Å². The molecule has 2 aromatic heterocycles. The normalized spacial score (nSPS) is 21.3. The molecule has 0 radical (unpaired) electrons. The number of rotatable bonds is 3. The number of nitrogens with one attached hydrogen (secondary N) is 1. The maximum absolute atomic E-state index is 6.02. The first-order chi connectivity index (χ1) is 8.83. The number of nitrogens with zero attached hydrogens (tertiary/aromatic N) is 2. The zero-order valence-electron chi connectivity index (χ0n) is 10.3. The fourth-order valence-electron chi connectivity index (χ4n) is 2.56. The summed E-state index contributed by atoms with van der Waals surface area (Å²) in [6.45, 7) is 3.07. The maximum Gasteiger partial charge on any atom is 0.0703 e. The summed E-state index contributed by atoms with van der Waals surface area (Å²) >= 11 is 1.71. The standard InChI is InChI=1S/C13H18N4S/c14-12-2-1-4-17(8-12)7-11-6-15-16-13(11)10-3-5-18-9-10/h3,5-6,9,12H,1-2,4,7-8,14H2,(H,15,16). The summed E-state index contributed by atoms with van der Waals surface area (Å²) in [5, 5.41) is 11.5. The second kappa shape index (κ2) is 5.22. The highest BCUT2D eigenvalue weighted by atomic mass is 32.1. The van der Waals surface area contributed by atoms with E-state index in [1.54, 1.807) is 11.3 Å². The van der Waals surface area contributed by atoms with Crippen LogP contribution in [0.4, 0.5) is 0 Å². The fourth-order valence-corrected chi connectivity index (χ4v) is 3.21. The molecule has 0 aliphatic carbocycles. The number of aromatic nitrogens is 2. The molecular weight excluding hydrogens is 244 g/mol. The average Bonchev–Trinajstić information content (AvgIpc) is 2.98. The number of nitrogens with two attached hydrogens (primary N) is 1. The Morgan fingerprint density at radius 3 is 3.28 bits per heavy atom. The summed E-state index contributed by atoms with van der Waals surface area (Å²) in [5.74, 6) is 0. The zero-order valence-corrected chi connectivity index (χ0v) is 11.1. The molecule has 1 atom stereocenters. The van der Waals surface area contributed by atoms with Gasteiger partial charge in [-0.15, -0.1) is 0 Å². The molecule has 3 rings (SSSR count). The SMILES string of the molecule is NC1CCCN(Cc2cn[nH]c2-c2ccsc2)C1. The molecule has 3 N–H and O–H groups in total. The van der Waals surface area contributed by atoms with E-state index in [2.05, 4.69) is 31.9 Å². The van der Waals surface area contributed by atoms with Gasteiger partial charge in [0.1, 0.15) is 0 Å². The van der Waals surface area contributed by atoms with E-state index in [4.69, 9.17) is 5.73 Å². The van der Waals surface area contributed by atoms with Crippen molar-refractivity contribution in [2.24, 2.45) is 5.73 Å². The summed E-state index contributed by atoms with van der Waals surface area (Å²) in [7, 11) is 0. The first-order valence-corrected chi connectivity index (χ1v) is 7.30. The number of hydrogen-bond donors (Lipinski definition) is 2. The van der Waals surface area contributed by atoms with Gasteiger partial charge in [-0.2, -0.15) is 16.4 Å². The Balaban J connectivity index is 1.75. The quantitative estimate of drug-likeness (QED) is 0.890. The molecule has 4 nitrogen and oxygen atoms in total. The van der Waals surface area contributed by atoms with Crippen LogP contribution in [-0.4, -0.2) is 34.2 Å². The van der Waals surface area contributed by atoms with Crippen molar-refractivity contribution in [2.75, 3.05) is 13.1 Å². The highest BCUT2D eigenvalue weighted by Gasteiger charge is 2.18. The lowest BCUT2D eigenvalue weighted by Crippen LogP contribution is -2.42. The topological polar surface area (TPSA) is 57.9 Å². The second-order valence-electron chi connectivity index (χ2n) is 4.92. The fraction of sp³-hybridized carbons (Fsp3) is 0.462. The number of thiophene rings is 1. The van der Waals surface area contributed by atoms with Crippen molar-refractivity contribution >= 4 is 11.3 Å². The van der Waals surface area contributed by atoms with E-state index in [-0.39, 0.29) is 0 Å². The Morgan fingerprint density at radius 2 is 2.50 bits per heavy atom. The van der Waals surface area contributed by atoms with Gasteiger partial charge in [-0.05, 0) is 30.8 Å². The monoisotopic (exact) mass is 262 g/mol. The van der Waals surface area contributed by atoms with Crippen LogP contribution in [0.5, 0.6) is 0 Å². The van der Waals surface area contributed by atoms with E-state index >= 15 is 0 Å². The van der Waals surface area contributed by atoms with Gasteiger partial charge >= 0.3 is 0 Å². The second-order valence-corrected chi connectivity index (χ2v) is 5.70. The van der Waals surface area contributed by atoms with Gasteiger partial charge in [0, 0.05) is 35.6 Å². The van der Waals surface area contributed by atoms with Crippen LogP contribution in [-0.2, 0) is 6.54 Å². The van der Waals surface area contributed by atoms with Crippen LogP contribution in [0.1, 0.15) is 18.4 Å². The van der Waals surface area contributed by atoms with Gasteiger partial charge in [-0.1, -0.05) is 0 Å². The molecule has 1 aliphatic heterocycles. The molecule has 96 valence electrons. The molecule has 1 unspecified atom stereocenters.